The molecule has 3 heterocycles. The van der Waals surface area contributed by atoms with E-state index in [9.17, 15) is 8.42 Å². The van der Waals surface area contributed by atoms with Crippen molar-refractivity contribution in [3.63, 3.8) is 0 Å². The molecule has 4 aromatic rings. The number of nitrogens with zero attached hydrogens (tertiary/aromatic N) is 3. The number of nitrogens with one attached hydrogen (secondary N) is 1. The molecule has 7 nitrogen and oxygen atoms in total. The number of hydrogen-bond donors (Lipinski definition) is 1. The van der Waals surface area contributed by atoms with Crippen molar-refractivity contribution in [3.05, 3.63) is 89.9 Å². The Balaban J connectivity index is 1.34. The van der Waals surface area contributed by atoms with Gasteiger partial charge < -0.3 is 10.1 Å². The molecule has 2 aromatic heterocycles. The molecular formula is C28H26N4O3S. The van der Waals surface area contributed by atoms with Gasteiger partial charge in [-0.25, -0.2) is 18.4 Å². The van der Waals surface area contributed by atoms with Crippen molar-refractivity contribution in [3.8, 4) is 11.8 Å². The largest absolute Gasteiger partial charge is 0.379 e. The van der Waals surface area contributed by atoms with Gasteiger partial charge in [0.15, 0.2) is 9.84 Å². The lowest BCUT2D eigenvalue weighted by Crippen LogP contribution is -2.35. The number of benzene rings is 2. The maximum absolute atomic E-state index is 11.7. The molecule has 182 valence electrons. The van der Waals surface area contributed by atoms with E-state index in [1.54, 1.807) is 36.7 Å². The van der Waals surface area contributed by atoms with E-state index in [0.717, 1.165) is 54.9 Å². The predicted octanol–water partition coefficient (Wildman–Crippen LogP) is 4.01. The molecule has 1 fully saturated rings. The van der Waals surface area contributed by atoms with Crippen molar-refractivity contribution in [2.45, 2.75) is 11.4 Å². The van der Waals surface area contributed by atoms with Crippen molar-refractivity contribution in [1.82, 2.24) is 14.9 Å². The summed E-state index contributed by atoms with van der Waals surface area (Å²) in [6.07, 6.45) is 4.70. The minimum Gasteiger partial charge on any atom is -0.379 e. The maximum Gasteiger partial charge on any atom is 0.175 e. The summed E-state index contributed by atoms with van der Waals surface area (Å²) < 4.78 is 28.8. The molecular weight excluding hydrogens is 472 g/mol. The van der Waals surface area contributed by atoms with Crippen LogP contribution < -0.4 is 5.32 Å². The molecule has 0 aliphatic carbocycles. The van der Waals surface area contributed by atoms with Crippen molar-refractivity contribution < 1.29 is 13.2 Å². The van der Waals surface area contributed by atoms with Gasteiger partial charge in [0.05, 0.1) is 18.1 Å². The van der Waals surface area contributed by atoms with Gasteiger partial charge >= 0.3 is 0 Å². The van der Waals surface area contributed by atoms with Crippen LogP contribution in [0.15, 0.2) is 78.0 Å². The molecule has 0 amide bonds. The molecule has 1 aliphatic rings. The number of ether oxygens (including phenoxy) is 1. The number of pyridine rings is 2. The summed E-state index contributed by atoms with van der Waals surface area (Å²) in [4.78, 5) is 11.6. The molecule has 8 heteroatoms. The van der Waals surface area contributed by atoms with Gasteiger partial charge in [0, 0.05) is 60.3 Å². The summed E-state index contributed by atoms with van der Waals surface area (Å²) >= 11 is 0. The fourth-order valence-corrected chi connectivity index (χ4v) is 4.64. The Morgan fingerprint density at radius 2 is 1.72 bits per heavy atom. The first-order valence-corrected chi connectivity index (χ1v) is 13.6. The first kappa shape index (κ1) is 23.9. The second-order valence-corrected chi connectivity index (χ2v) is 10.7. The topological polar surface area (TPSA) is 84.4 Å². The Morgan fingerprint density at radius 1 is 0.972 bits per heavy atom. The molecule has 0 bridgehead atoms. The average molecular weight is 499 g/mol. The average Bonchev–Trinajstić information content (AvgIpc) is 2.89. The van der Waals surface area contributed by atoms with Crippen molar-refractivity contribution in [2.24, 2.45) is 0 Å². The van der Waals surface area contributed by atoms with Gasteiger partial charge in [0.2, 0.25) is 0 Å². The van der Waals surface area contributed by atoms with Gasteiger partial charge in [-0.1, -0.05) is 18.1 Å². The Labute approximate surface area is 211 Å². The SMILES string of the molecule is CS(=O)(=O)c1ccc(Nc2cc3c(C#Cc4ccc(CN5CCOCC5)cc4)nccc3cn2)cc1. The first-order chi connectivity index (χ1) is 17.4. The summed E-state index contributed by atoms with van der Waals surface area (Å²) in [6.45, 7) is 4.44. The van der Waals surface area contributed by atoms with Crippen LogP contribution in [0.25, 0.3) is 10.8 Å². The highest BCUT2D eigenvalue weighted by Gasteiger charge is 2.10. The van der Waals surface area contributed by atoms with Crippen LogP contribution in [0.5, 0.6) is 0 Å². The minimum absolute atomic E-state index is 0.274. The molecule has 1 aliphatic heterocycles. The lowest BCUT2D eigenvalue weighted by atomic mass is 10.1. The van der Waals surface area contributed by atoms with E-state index in [4.69, 9.17) is 4.74 Å². The quantitative estimate of drug-likeness (QED) is 0.416. The second-order valence-electron chi connectivity index (χ2n) is 8.71. The lowest BCUT2D eigenvalue weighted by molar-refractivity contribution is 0.0342. The Kier molecular flexibility index (Phi) is 6.96. The molecule has 1 saturated heterocycles. The molecule has 2 aromatic carbocycles. The predicted molar refractivity (Wildman–Crippen MR) is 141 cm³/mol. The van der Waals surface area contributed by atoms with Gasteiger partial charge in [-0.2, -0.15) is 0 Å². The normalized spacial score (nSPS) is 14.2. The van der Waals surface area contributed by atoms with Crippen LogP contribution in [0.3, 0.4) is 0 Å². The van der Waals surface area contributed by atoms with Gasteiger partial charge in [0.1, 0.15) is 11.5 Å². The number of aromatic nitrogens is 2. The minimum atomic E-state index is -3.24. The molecule has 0 unspecified atom stereocenters. The second kappa shape index (κ2) is 10.5. The smallest absolute Gasteiger partial charge is 0.175 e. The molecule has 0 atom stereocenters. The zero-order chi connectivity index (χ0) is 25.0. The van der Waals surface area contributed by atoms with Crippen LogP contribution in [0.1, 0.15) is 16.8 Å². The van der Waals surface area contributed by atoms with Crippen molar-refractivity contribution in [1.29, 1.82) is 0 Å². The number of hydrogen-bond acceptors (Lipinski definition) is 7. The highest BCUT2D eigenvalue weighted by molar-refractivity contribution is 7.90. The van der Waals surface area contributed by atoms with Gasteiger partial charge in [-0.05, 0) is 60.0 Å². The Morgan fingerprint density at radius 3 is 2.44 bits per heavy atom. The number of rotatable bonds is 5. The van der Waals surface area contributed by atoms with Crippen LogP contribution in [0.2, 0.25) is 0 Å². The van der Waals surface area contributed by atoms with E-state index in [1.807, 2.05) is 24.3 Å². The van der Waals surface area contributed by atoms with E-state index in [1.165, 1.54) is 11.8 Å². The van der Waals surface area contributed by atoms with Crippen LogP contribution in [0, 0.1) is 11.8 Å². The van der Waals surface area contributed by atoms with E-state index in [2.05, 4.69) is 44.2 Å². The highest BCUT2D eigenvalue weighted by atomic mass is 32.2. The van der Waals surface area contributed by atoms with Crippen LogP contribution in [-0.2, 0) is 21.1 Å². The molecule has 0 saturated carbocycles. The Bertz CT molecular complexity index is 1530. The van der Waals surface area contributed by atoms with Crippen molar-refractivity contribution >= 4 is 32.1 Å². The monoisotopic (exact) mass is 498 g/mol. The summed E-state index contributed by atoms with van der Waals surface area (Å²) in [5, 5.41) is 5.05. The zero-order valence-corrected chi connectivity index (χ0v) is 20.8. The third kappa shape index (κ3) is 5.89. The van der Waals surface area contributed by atoms with E-state index in [0.29, 0.717) is 11.5 Å². The molecule has 5 rings (SSSR count). The highest BCUT2D eigenvalue weighted by Crippen LogP contribution is 2.23. The summed E-state index contributed by atoms with van der Waals surface area (Å²) in [5.74, 6) is 7.06. The van der Waals surface area contributed by atoms with Crippen LogP contribution >= 0.6 is 0 Å². The van der Waals surface area contributed by atoms with E-state index >= 15 is 0 Å². The fourth-order valence-electron chi connectivity index (χ4n) is 4.01. The summed E-state index contributed by atoms with van der Waals surface area (Å²) in [5.41, 5.74) is 3.60. The molecule has 0 spiro atoms. The maximum atomic E-state index is 11.7. The number of fused-ring (bicyclic) bond motifs is 1. The number of anilines is 2. The van der Waals surface area contributed by atoms with Gasteiger partial charge in [-0.15, -0.1) is 0 Å². The third-order valence-corrected chi connectivity index (χ3v) is 7.12. The van der Waals surface area contributed by atoms with Crippen molar-refractivity contribution in [2.75, 3.05) is 37.9 Å². The van der Waals surface area contributed by atoms with Gasteiger partial charge in [-0.3, -0.25) is 4.90 Å². The standard InChI is InChI=1S/C28H26N4O3S/c1-36(33,34)25-9-7-24(8-10-25)31-28-18-26-23(19-30-28)12-13-29-27(26)11-6-21-2-4-22(5-3-21)20-32-14-16-35-17-15-32/h2-5,7-10,12-13,18-19H,14-17,20H2,1H3,(H,30,31). The third-order valence-electron chi connectivity index (χ3n) is 5.99. The lowest BCUT2D eigenvalue weighted by Gasteiger charge is -2.26. The fraction of sp³-hybridized carbons (Fsp3) is 0.214. The Hall–Kier alpha value is -3.77. The molecule has 0 radical (unpaired) electrons. The molecule has 1 N–H and O–H groups in total. The van der Waals surface area contributed by atoms with E-state index in [-0.39, 0.29) is 4.90 Å². The number of sulfone groups is 1. The van der Waals surface area contributed by atoms with Crippen LogP contribution in [0.4, 0.5) is 11.5 Å². The first-order valence-electron chi connectivity index (χ1n) is 11.7. The summed E-state index contributed by atoms with van der Waals surface area (Å²) in [7, 11) is -3.24. The number of morpholine rings is 1. The van der Waals surface area contributed by atoms with Gasteiger partial charge in [0.25, 0.3) is 0 Å². The van der Waals surface area contributed by atoms with Crippen LogP contribution in [-0.4, -0.2) is 55.8 Å². The zero-order valence-electron chi connectivity index (χ0n) is 19.9. The molecule has 36 heavy (non-hydrogen) atoms. The summed E-state index contributed by atoms with van der Waals surface area (Å²) in [6, 6.07) is 18.7. The van der Waals surface area contributed by atoms with E-state index < -0.39 is 9.84 Å².